The first-order chi connectivity index (χ1) is 11.2. The number of aromatic hydroxyl groups is 1. The average Bonchev–Trinajstić information content (AvgIpc) is 2.45. The minimum absolute atomic E-state index is 0.00875. The van der Waals surface area contributed by atoms with Crippen LogP contribution in [0, 0.1) is 0 Å². The Balaban J connectivity index is 2.46. The van der Waals surface area contributed by atoms with Crippen molar-refractivity contribution in [3.05, 3.63) is 45.9 Å². The Morgan fingerprint density at radius 2 is 1.88 bits per heavy atom. The molecule has 0 fully saturated rings. The molecule has 10 heteroatoms. The Morgan fingerprint density at radius 3 is 2.42 bits per heavy atom. The second-order valence-electron chi connectivity index (χ2n) is 4.56. The van der Waals surface area contributed by atoms with Gasteiger partial charge in [0, 0.05) is 11.1 Å². The second-order valence-corrected chi connectivity index (χ2v) is 7.06. The van der Waals surface area contributed by atoms with Crippen LogP contribution in [-0.4, -0.2) is 31.7 Å². The summed E-state index contributed by atoms with van der Waals surface area (Å²) in [5, 5.41) is 18.6. The van der Waals surface area contributed by atoms with Crippen molar-refractivity contribution < 1.29 is 28.2 Å². The Hall–Kier alpha value is -2.16. The minimum atomic E-state index is -4.15. The highest BCUT2D eigenvalue weighted by atomic mass is 35.5. The lowest BCUT2D eigenvalue weighted by Crippen LogP contribution is -2.14. The molecule has 2 aromatic rings. The summed E-state index contributed by atoms with van der Waals surface area (Å²) in [6, 6.07) is 5.71. The van der Waals surface area contributed by atoms with Crippen molar-refractivity contribution in [1.82, 2.24) is 0 Å². The van der Waals surface area contributed by atoms with Gasteiger partial charge in [0.1, 0.15) is 16.2 Å². The number of ether oxygens (including phenoxy) is 1. The van der Waals surface area contributed by atoms with Crippen LogP contribution in [0.4, 0.5) is 5.69 Å². The van der Waals surface area contributed by atoms with E-state index in [1.54, 1.807) is 0 Å². The van der Waals surface area contributed by atoms with Crippen molar-refractivity contribution in [2.24, 2.45) is 0 Å². The fraction of sp³-hybridized carbons (Fsp3) is 0.0714. The van der Waals surface area contributed by atoms with E-state index in [-0.39, 0.29) is 31.9 Å². The third-order valence-electron chi connectivity index (χ3n) is 2.95. The van der Waals surface area contributed by atoms with Crippen molar-refractivity contribution in [2.45, 2.75) is 4.90 Å². The molecule has 0 aliphatic carbocycles. The highest BCUT2D eigenvalue weighted by Gasteiger charge is 2.23. The van der Waals surface area contributed by atoms with Crippen molar-refractivity contribution >= 4 is 44.9 Å². The zero-order valence-corrected chi connectivity index (χ0v) is 14.4. The molecule has 0 bridgehead atoms. The number of rotatable bonds is 5. The summed E-state index contributed by atoms with van der Waals surface area (Å²) < 4.78 is 32.2. The monoisotopic (exact) mass is 391 g/mol. The Labute approximate surface area is 147 Å². The van der Waals surface area contributed by atoms with Crippen molar-refractivity contribution in [1.29, 1.82) is 0 Å². The number of halogens is 2. The quantitative estimate of drug-likeness (QED) is 0.720. The van der Waals surface area contributed by atoms with Crippen LogP contribution in [0.15, 0.2) is 35.2 Å². The van der Waals surface area contributed by atoms with E-state index >= 15 is 0 Å². The minimum Gasteiger partial charge on any atom is -0.507 e. The van der Waals surface area contributed by atoms with Crippen LogP contribution in [0.2, 0.25) is 10.0 Å². The highest BCUT2D eigenvalue weighted by Crippen LogP contribution is 2.36. The molecule has 0 aliphatic rings. The molecule has 2 aromatic carbocycles. The number of benzene rings is 2. The van der Waals surface area contributed by atoms with Gasteiger partial charge in [-0.25, -0.2) is 13.2 Å². The summed E-state index contributed by atoms with van der Waals surface area (Å²) in [5.41, 5.74) is -0.406. The van der Waals surface area contributed by atoms with Gasteiger partial charge in [-0.2, -0.15) is 0 Å². The molecule has 0 amide bonds. The Bertz CT molecular complexity index is 914. The average molecular weight is 392 g/mol. The van der Waals surface area contributed by atoms with E-state index in [1.165, 1.54) is 19.2 Å². The summed E-state index contributed by atoms with van der Waals surface area (Å²) >= 11 is 11.7. The largest absolute Gasteiger partial charge is 0.507 e. The van der Waals surface area contributed by atoms with E-state index < -0.39 is 21.7 Å². The number of aromatic carboxylic acids is 1. The van der Waals surface area contributed by atoms with Crippen LogP contribution in [0.3, 0.4) is 0 Å². The van der Waals surface area contributed by atoms with Crippen molar-refractivity contribution in [2.75, 3.05) is 11.8 Å². The van der Waals surface area contributed by atoms with E-state index in [0.717, 1.165) is 18.2 Å². The van der Waals surface area contributed by atoms with Crippen LogP contribution in [-0.2, 0) is 10.0 Å². The fourth-order valence-electron chi connectivity index (χ4n) is 1.92. The lowest BCUT2D eigenvalue weighted by molar-refractivity contribution is 0.0694. The summed E-state index contributed by atoms with van der Waals surface area (Å²) in [6.07, 6.45) is 0. The summed E-state index contributed by atoms with van der Waals surface area (Å²) in [7, 11) is -2.90. The third-order valence-corrected chi connectivity index (χ3v) is 4.83. The fourth-order valence-corrected chi connectivity index (χ4v) is 3.88. The molecule has 0 atom stereocenters. The number of anilines is 1. The molecule has 0 aromatic heterocycles. The molecular formula is C14H11Cl2NO6S. The zero-order valence-electron chi connectivity index (χ0n) is 12.1. The lowest BCUT2D eigenvalue weighted by atomic mass is 10.2. The third kappa shape index (κ3) is 3.66. The van der Waals surface area contributed by atoms with Gasteiger partial charge in [-0.15, -0.1) is 0 Å². The van der Waals surface area contributed by atoms with Crippen LogP contribution >= 0.6 is 23.2 Å². The smallest absolute Gasteiger partial charge is 0.339 e. The standard InChI is InChI=1S/C14H11Cl2NO6S/c1-23-13-10(16)4-7(15)5-12(13)24(21,22)17-8-2-3-9(14(19)20)11(18)6-8/h2-6,17-18H,1H3,(H,19,20). The predicted molar refractivity (Wildman–Crippen MR) is 88.9 cm³/mol. The van der Waals surface area contributed by atoms with E-state index in [2.05, 4.69) is 4.72 Å². The molecule has 2 rings (SSSR count). The van der Waals surface area contributed by atoms with Gasteiger partial charge in [0.25, 0.3) is 10.0 Å². The molecular weight excluding hydrogens is 381 g/mol. The number of carboxylic acid groups (broad SMARTS) is 1. The number of carboxylic acids is 1. The summed E-state index contributed by atoms with van der Waals surface area (Å²) in [4.78, 5) is 10.6. The first-order valence-corrected chi connectivity index (χ1v) is 8.52. The van der Waals surface area contributed by atoms with Gasteiger partial charge in [0.15, 0.2) is 5.75 Å². The maximum Gasteiger partial charge on any atom is 0.339 e. The zero-order chi connectivity index (χ0) is 18.1. The van der Waals surface area contributed by atoms with Crippen LogP contribution < -0.4 is 9.46 Å². The maximum atomic E-state index is 12.5. The van der Waals surface area contributed by atoms with Gasteiger partial charge in [-0.1, -0.05) is 23.2 Å². The molecule has 0 aliphatic heterocycles. The first-order valence-electron chi connectivity index (χ1n) is 6.28. The summed E-state index contributed by atoms with van der Waals surface area (Å²) in [6.45, 7) is 0. The Kier molecular flexibility index (Phi) is 5.12. The number of hydrogen-bond donors (Lipinski definition) is 3. The van der Waals surface area contributed by atoms with E-state index in [9.17, 15) is 18.3 Å². The molecule has 0 heterocycles. The van der Waals surface area contributed by atoms with Gasteiger partial charge in [-0.3, -0.25) is 4.72 Å². The maximum absolute atomic E-state index is 12.5. The molecule has 0 spiro atoms. The van der Waals surface area contributed by atoms with Crippen LogP contribution in [0.25, 0.3) is 0 Å². The van der Waals surface area contributed by atoms with Crippen molar-refractivity contribution in [3.63, 3.8) is 0 Å². The highest BCUT2D eigenvalue weighted by molar-refractivity contribution is 7.92. The normalized spacial score (nSPS) is 11.1. The van der Waals surface area contributed by atoms with Gasteiger partial charge >= 0.3 is 5.97 Å². The van der Waals surface area contributed by atoms with Gasteiger partial charge in [0.2, 0.25) is 0 Å². The SMILES string of the molecule is COc1c(Cl)cc(Cl)cc1S(=O)(=O)Nc1ccc(C(=O)O)c(O)c1. The number of sulfonamides is 1. The molecule has 0 saturated carbocycles. The van der Waals surface area contributed by atoms with E-state index in [0.29, 0.717) is 0 Å². The molecule has 3 N–H and O–H groups in total. The van der Waals surface area contributed by atoms with E-state index in [1.807, 2.05) is 0 Å². The second kappa shape index (κ2) is 6.76. The number of carbonyl (C=O) groups is 1. The topological polar surface area (TPSA) is 113 Å². The van der Waals surface area contributed by atoms with Gasteiger partial charge in [-0.05, 0) is 24.3 Å². The van der Waals surface area contributed by atoms with Crippen LogP contribution in [0.5, 0.6) is 11.5 Å². The number of hydrogen-bond acceptors (Lipinski definition) is 5. The molecule has 0 radical (unpaired) electrons. The predicted octanol–water partition coefficient (Wildman–Crippen LogP) is 3.21. The molecule has 0 unspecified atom stereocenters. The van der Waals surface area contributed by atoms with Gasteiger partial charge in [0.05, 0.1) is 17.8 Å². The Morgan fingerprint density at radius 1 is 1.21 bits per heavy atom. The molecule has 7 nitrogen and oxygen atoms in total. The van der Waals surface area contributed by atoms with Crippen LogP contribution in [0.1, 0.15) is 10.4 Å². The number of methoxy groups -OCH3 is 1. The summed E-state index contributed by atoms with van der Waals surface area (Å²) in [5.74, 6) is -2.02. The van der Waals surface area contributed by atoms with Crippen molar-refractivity contribution in [3.8, 4) is 11.5 Å². The van der Waals surface area contributed by atoms with Gasteiger partial charge < -0.3 is 14.9 Å². The number of nitrogens with one attached hydrogen (secondary N) is 1. The molecule has 24 heavy (non-hydrogen) atoms. The van der Waals surface area contributed by atoms with E-state index in [4.69, 9.17) is 33.0 Å². The first kappa shape index (κ1) is 18.2. The molecule has 128 valence electrons. The number of phenols is 1. The molecule has 0 saturated heterocycles. The lowest BCUT2D eigenvalue weighted by Gasteiger charge is -2.13.